The van der Waals surface area contributed by atoms with Crippen molar-refractivity contribution in [2.45, 2.75) is 89.9 Å². The molecule has 0 aliphatic rings. The predicted octanol–water partition coefficient (Wildman–Crippen LogP) is 5.38. The Morgan fingerprint density at radius 2 is 1.50 bits per heavy atom. The summed E-state index contributed by atoms with van der Waals surface area (Å²) < 4.78 is 0. The molecule has 0 saturated carbocycles. The van der Waals surface area contributed by atoms with E-state index in [2.05, 4.69) is 6.92 Å². The number of hydrogen-bond acceptors (Lipinski definition) is 1. The van der Waals surface area contributed by atoms with Crippen LogP contribution in [0.2, 0.25) is 0 Å². The smallest absolute Gasteiger partial charge is 0.222 e. The summed E-state index contributed by atoms with van der Waals surface area (Å²) in [6.07, 6.45) is 13.2. The molecular formula is C17H34ClNO. The van der Waals surface area contributed by atoms with Crippen LogP contribution in [0.15, 0.2) is 0 Å². The van der Waals surface area contributed by atoms with Crippen molar-refractivity contribution in [3.05, 3.63) is 0 Å². The van der Waals surface area contributed by atoms with E-state index in [0.717, 1.165) is 19.4 Å². The van der Waals surface area contributed by atoms with Crippen LogP contribution < -0.4 is 0 Å². The first-order valence-corrected chi connectivity index (χ1v) is 8.89. The lowest BCUT2D eigenvalue weighted by molar-refractivity contribution is -0.130. The molecule has 2 nitrogen and oxygen atoms in total. The number of carbonyl (C=O) groups excluding carboxylic acids is 1. The molecule has 1 unspecified atom stereocenters. The zero-order chi connectivity index (χ0) is 15.2. The molecule has 20 heavy (non-hydrogen) atoms. The summed E-state index contributed by atoms with van der Waals surface area (Å²) in [5, 5.41) is 0.151. The Kier molecular flexibility index (Phi) is 13.6. The maximum atomic E-state index is 11.8. The Balaban J connectivity index is 3.34. The van der Waals surface area contributed by atoms with Gasteiger partial charge in [-0.2, -0.15) is 0 Å². The van der Waals surface area contributed by atoms with Crippen LogP contribution in [0.5, 0.6) is 0 Å². The van der Waals surface area contributed by atoms with Crippen molar-refractivity contribution < 1.29 is 4.79 Å². The summed E-state index contributed by atoms with van der Waals surface area (Å²) >= 11 is 5.90. The van der Waals surface area contributed by atoms with Crippen molar-refractivity contribution >= 4 is 17.5 Å². The number of amides is 1. The van der Waals surface area contributed by atoms with Gasteiger partial charge in [-0.3, -0.25) is 4.79 Å². The lowest BCUT2D eigenvalue weighted by atomic mass is 10.1. The highest BCUT2D eigenvalue weighted by atomic mass is 35.5. The number of halogens is 1. The second-order valence-electron chi connectivity index (χ2n) is 5.96. The van der Waals surface area contributed by atoms with E-state index in [0.29, 0.717) is 6.42 Å². The number of alkyl halides is 1. The van der Waals surface area contributed by atoms with Gasteiger partial charge >= 0.3 is 0 Å². The highest BCUT2D eigenvalue weighted by molar-refractivity contribution is 6.20. The van der Waals surface area contributed by atoms with Gasteiger partial charge in [-0.15, -0.1) is 11.6 Å². The molecular weight excluding hydrogens is 270 g/mol. The van der Waals surface area contributed by atoms with Gasteiger partial charge in [0, 0.05) is 25.4 Å². The molecule has 120 valence electrons. The van der Waals surface area contributed by atoms with Gasteiger partial charge in [-0.1, -0.05) is 58.3 Å². The van der Waals surface area contributed by atoms with Crippen LogP contribution in [0.3, 0.4) is 0 Å². The van der Waals surface area contributed by atoms with Gasteiger partial charge in [0.1, 0.15) is 0 Å². The Morgan fingerprint density at radius 3 is 2.00 bits per heavy atom. The molecule has 0 aromatic carbocycles. The summed E-state index contributed by atoms with van der Waals surface area (Å²) in [7, 11) is 1.88. The standard InChI is InChI=1S/C17H34ClNO/c1-4-5-6-7-8-9-10-11-12-13-17(20)19(3)15-14-16(2)18/h16H,4-15H2,1-3H3. The lowest BCUT2D eigenvalue weighted by Gasteiger charge is -2.17. The van der Waals surface area contributed by atoms with Gasteiger partial charge in [-0.05, 0) is 19.8 Å². The molecule has 1 atom stereocenters. The molecule has 3 heteroatoms. The molecule has 0 N–H and O–H groups in total. The number of carbonyl (C=O) groups is 1. The van der Waals surface area contributed by atoms with Crippen LogP contribution in [-0.4, -0.2) is 29.8 Å². The van der Waals surface area contributed by atoms with E-state index in [1.165, 1.54) is 51.4 Å². The van der Waals surface area contributed by atoms with Crippen molar-refractivity contribution in [3.8, 4) is 0 Å². The van der Waals surface area contributed by atoms with Crippen molar-refractivity contribution in [3.63, 3.8) is 0 Å². The molecule has 0 fully saturated rings. The second kappa shape index (κ2) is 13.7. The topological polar surface area (TPSA) is 20.3 Å². The van der Waals surface area contributed by atoms with Crippen LogP contribution >= 0.6 is 11.6 Å². The van der Waals surface area contributed by atoms with Gasteiger partial charge in [-0.25, -0.2) is 0 Å². The molecule has 0 aliphatic carbocycles. The summed E-state index contributed by atoms with van der Waals surface area (Å²) in [4.78, 5) is 13.7. The molecule has 0 rings (SSSR count). The Morgan fingerprint density at radius 1 is 1.00 bits per heavy atom. The third-order valence-corrected chi connectivity index (χ3v) is 4.00. The van der Waals surface area contributed by atoms with Crippen LogP contribution in [0.1, 0.15) is 84.5 Å². The van der Waals surface area contributed by atoms with Crippen molar-refractivity contribution in [1.82, 2.24) is 4.90 Å². The Hall–Kier alpha value is -0.240. The number of nitrogens with zero attached hydrogens (tertiary/aromatic N) is 1. The van der Waals surface area contributed by atoms with Gasteiger partial charge < -0.3 is 4.90 Å². The van der Waals surface area contributed by atoms with Crippen LogP contribution in [0.4, 0.5) is 0 Å². The molecule has 0 spiro atoms. The molecule has 0 aromatic rings. The normalized spacial score (nSPS) is 12.4. The van der Waals surface area contributed by atoms with Gasteiger partial charge in [0.05, 0.1) is 0 Å². The third-order valence-electron chi connectivity index (χ3n) is 3.78. The maximum Gasteiger partial charge on any atom is 0.222 e. The zero-order valence-electron chi connectivity index (χ0n) is 13.8. The largest absolute Gasteiger partial charge is 0.346 e. The van der Waals surface area contributed by atoms with E-state index in [1.807, 2.05) is 18.9 Å². The first-order valence-electron chi connectivity index (χ1n) is 8.46. The summed E-state index contributed by atoms with van der Waals surface area (Å²) in [6, 6.07) is 0. The number of rotatable bonds is 13. The quantitative estimate of drug-likeness (QED) is 0.330. The highest BCUT2D eigenvalue weighted by Crippen LogP contribution is 2.11. The minimum absolute atomic E-state index is 0.151. The Bertz CT molecular complexity index is 231. The molecule has 0 heterocycles. The zero-order valence-corrected chi connectivity index (χ0v) is 14.6. The maximum absolute atomic E-state index is 11.8. The monoisotopic (exact) mass is 303 g/mol. The van der Waals surface area contributed by atoms with Crippen molar-refractivity contribution in [1.29, 1.82) is 0 Å². The van der Waals surface area contributed by atoms with Crippen LogP contribution in [-0.2, 0) is 4.79 Å². The minimum atomic E-state index is 0.151. The highest BCUT2D eigenvalue weighted by Gasteiger charge is 2.08. The van der Waals surface area contributed by atoms with Crippen molar-refractivity contribution in [2.75, 3.05) is 13.6 Å². The molecule has 1 amide bonds. The molecule has 0 saturated heterocycles. The van der Waals surface area contributed by atoms with Crippen molar-refractivity contribution in [2.24, 2.45) is 0 Å². The molecule has 0 aromatic heterocycles. The van der Waals surface area contributed by atoms with E-state index in [9.17, 15) is 4.79 Å². The van der Waals surface area contributed by atoms with Gasteiger partial charge in [0.25, 0.3) is 0 Å². The summed E-state index contributed by atoms with van der Waals surface area (Å²) in [5.74, 6) is 0.269. The first-order chi connectivity index (χ1) is 9.57. The van der Waals surface area contributed by atoms with E-state index in [1.54, 1.807) is 0 Å². The summed E-state index contributed by atoms with van der Waals surface area (Å²) in [6.45, 7) is 5.00. The van der Waals surface area contributed by atoms with E-state index < -0.39 is 0 Å². The van der Waals surface area contributed by atoms with Gasteiger partial charge in [0.15, 0.2) is 0 Å². The summed E-state index contributed by atoms with van der Waals surface area (Å²) in [5.41, 5.74) is 0. The van der Waals surface area contributed by atoms with Gasteiger partial charge in [0.2, 0.25) is 5.91 Å². The average molecular weight is 304 g/mol. The third kappa shape index (κ3) is 12.8. The SMILES string of the molecule is CCCCCCCCCCCC(=O)N(C)CCC(C)Cl. The fourth-order valence-electron chi connectivity index (χ4n) is 2.27. The molecule has 0 aliphatic heterocycles. The van der Waals surface area contributed by atoms with E-state index in [4.69, 9.17) is 11.6 Å². The molecule has 0 radical (unpaired) electrons. The van der Waals surface area contributed by atoms with Crippen LogP contribution in [0.25, 0.3) is 0 Å². The minimum Gasteiger partial charge on any atom is -0.346 e. The second-order valence-corrected chi connectivity index (χ2v) is 6.71. The fraction of sp³-hybridized carbons (Fsp3) is 0.941. The Labute approximate surface area is 131 Å². The number of hydrogen-bond donors (Lipinski definition) is 0. The van der Waals surface area contributed by atoms with E-state index in [-0.39, 0.29) is 11.3 Å². The predicted molar refractivity (Wildman–Crippen MR) is 89.4 cm³/mol. The molecule has 0 bridgehead atoms. The number of unbranched alkanes of at least 4 members (excludes halogenated alkanes) is 8. The first kappa shape index (κ1) is 19.8. The van der Waals surface area contributed by atoms with Crippen LogP contribution in [0, 0.1) is 0 Å². The lowest BCUT2D eigenvalue weighted by Crippen LogP contribution is -2.28. The fourth-order valence-corrected chi connectivity index (χ4v) is 2.37. The van der Waals surface area contributed by atoms with E-state index >= 15 is 0 Å². The average Bonchev–Trinajstić information content (AvgIpc) is 2.42.